The molecule has 1 aromatic rings. The van der Waals surface area contributed by atoms with Crippen molar-refractivity contribution in [3.05, 3.63) is 12.3 Å². The number of nitrogens with two attached hydrogens (primary N) is 1. The van der Waals surface area contributed by atoms with E-state index in [1.165, 1.54) is 12.8 Å². The summed E-state index contributed by atoms with van der Waals surface area (Å²) in [5.41, 5.74) is 5.36. The zero-order valence-corrected chi connectivity index (χ0v) is 14.6. The molecule has 0 saturated carbocycles. The minimum atomic E-state index is -0.386. The molecule has 3 aliphatic rings. The summed E-state index contributed by atoms with van der Waals surface area (Å²) < 4.78 is 5.86. The lowest BCUT2D eigenvalue weighted by molar-refractivity contribution is -0.130. The minimum absolute atomic E-state index is 0.177. The second-order valence-corrected chi connectivity index (χ2v) is 7.38. The molecule has 3 aliphatic heterocycles. The molecule has 4 heterocycles. The van der Waals surface area contributed by atoms with Gasteiger partial charge in [-0.25, -0.2) is 4.98 Å². The van der Waals surface area contributed by atoms with Gasteiger partial charge in [-0.1, -0.05) is 0 Å². The number of primary amides is 1. The van der Waals surface area contributed by atoms with Gasteiger partial charge in [-0.05, 0) is 50.5 Å². The molecule has 0 radical (unpaired) electrons. The number of carbonyl (C=O) groups excluding carboxylic acids is 1. The number of anilines is 2. The van der Waals surface area contributed by atoms with Gasteiger partial charge in [0.05, 0.1) is 6.10 Å². The highest BCUT2D eigenvalue weighted by Gasteiger charge is 2.36. The van der Waals surface area contributed by atoms with Crippen molar-refractivity contribution in [2.75, 3.05) is 36.0 Å². The third-order valence-corrected chi connectivity index (χ3v) is 5.78. The molecule has 3 fully saturated rings. The smallest absolute Gasteiger partial charge is 0.246 e. The second-order valence-electron chi connectivity index (χ2n) is 7.38. The van der Waals surface area contributed by atoms with E-state index in [4.69, 9.17) is 15.5 Å². The highest BCUT2D eigenvalue weighted by molar-refractivity contribution is 5.79. The van der Waals surface area contributed by atoms with E-state index in [1.807, 2.05) is 12.3 Å². The van der Waals surface area contributed by atoms with Gasteiger partial charge in [-0.3, -0.25) is 4.79 Å². The first-order valence-electron chi connectivity index (χ1n) is 9.48. The van der Waals surface area contributed by atoms with Crippen LogP contribution in [0.15, 0.2) is 12.3 Å². The second kappa shape index (κ2) is 7.15. The average molecular weight is 345 g/mol. The molecule has 0 unspecified atom stereocenters. The molecule has 0 aromatic carbocycles. The van der Waals surface area contributed by atoms with Crippen LogP contribution in [0.5, 0.6) is 0 Å². The Morgan fingerprint density at radius 3 is 2.52 bits per heavy atom. The van der Waals surface area contributed by atoms with Gasteiger partial charge in [0.15, 0.2) is 0 Å². The number of amides is 1. The number of aromatic nitrogens is 2. The highest BCUT2D eigenvalue weighted by atomic mass is 16.5. The fourth-order valence-corrected chi connectivity index (χ4v) is 4.30. The first-order valence-corrected chi connectivity index (χ1v) is 9.48. The van der Waals surface area contributed by atoms with Crippen LogP contribution in [0.4, 0.5) is 11.8 Å². The van der Waals surface area contributed by atoms with E-state index in [9.17, 15) is 4.79 Å². The van der Waals surface area contributed by atoms with Gasteiger partial charge in [0.2, 0.25) is 11.9 Å². The molecule has 0 aliphatic carbocycles. The van der Waals surface area contributed by atoms with Crippen molar-refractivity contribution < 1.29 is 9.53 Å². The van der Waals surface area contributed by atoms with Crippen LogP contribution in [-0.2, 0) is 9.53 Å². The summed E-state index contributed by atoms with van der Waals surface area (Å²) in [4.78, 5) is 25.2. The number of nitrogens with zero attached hydrogens (tertiary/aromatic N) is 4. The number of ether oxygens (including phenoxy) is 1. The lowest BCUT2D eigenvalue weighted by atomic mass is 9.90. The maximum Gasteiger partial charge on any atom is 0.246 e. The fraction of sp³-hybridized carbons (Fsp3) is 0.722. The monoisotopic (exact) mass is 345 g/mol. The number of piperidine rings is 1. The Kier molecular flexibility index (Phi) is 4.74. The van der Waals surface area contributed by atoms with Gasteiger partial charge in [-0.2, -0.15) is 4.98 Å². The van der Waals surface area contributed by atoms with Crippen LogP contribution in [0.25, 0.3) is 0 Å². The lowest BCUT2D eigenvalue weighted by Crippen LogP contribution is -2.39. The Morgan fingerprint density at radius 2 is 1.84 bits per heavy atom. The van der Waals surface area contributed by atoms with Gasteiger partial charge < -0.3 is 20.3 Å². The molecule has 0 bridgehead atoms. The molecule has 7 nitrogen and oxygen atoms in total. The summed E-state index contributed by atoms with van der Waals surface area (Å²) in [5, 5.41) is 0. The zero-order chi connectivity index (χ0) is 17.2. The van der Waals surface area contributed by atoms with Crippen molar-refractivity contribution in [3.8, 4) is 0 Å². The molecule has 0 spiro atoms. The maximum atomic E-state index is 11.3. The third-order valence-electron chi connectivity index (χ3n) is 5.78. The average Bonchev–Trinajstić information content (AvgIpc) is 3.34. The number of rotatable bonds is 4. The van der Waals surface area contributed by atoms with Crippen molar-refractivity contribution in [2.45, 2.75) is 50.7 Å². The van der Waals surface area contributed by atoms with Crippen LogP contribution in [-0.4, -0.2) is 54.3 Å². The molecular formula is C18H27N5O2. The van der Waals surface area contributed by atoms with Crippen molar-refractivity contribution in [1.29, 1.82) is 0 Å². The molecule has 136 valence electrons. The summed E-state index contributed by atoms with van der Waals surface area (Å²) in [6.07, 6.45) is 7.97. The Labute approximate surface area is 148 Å². The van der Waals surface area contributed by atoms with Crippen LogP contribution in [0, 0.1) is 5.92 Å². The zero-order valence-electron chi connectivity index (χ0n) is 14.6. The number of hydrogen-bond acceptors (Lipinski definition) is 6. The summed E-state index contributed by atoms with van der Waals surface area (Å²) in [7, 11) is 0. The molecule has 2 atom stereocenters. The summed E-state index contributed by atoms with van der Waals surface area (Å²) in [6.45, 7) is 4.07. The van der Waals surface area contributed by atoms with Gasteiger partial charge in [0.1, 0.15) is 11.9 Å². The quantitative estimate of drug-likeness (QED) is 0.886. The van der Waals surface area contributed by atoms with Crippen molar-refractivity contribution in [3.63, 3.8) is 0 Å². The third kappa shape index (κ3) is 3.56. The Hall–Kier alpha value is -1.89. The number of hydrogen-bond donors (Lipinski definition) is 1. The first-order chi connectivity index (χ1) is 12.2. The molecule has 2 N–H and O–H groups in total. The fourth-order valence-electron chi connectivity index (χ4n) is 4.30. The van der Waals surface area contributed by atoms with Crippen molar-refractivity contribution in [1.82, 2.24) is 9.97 Å². The van der Waals surface area contributed by atoms with E-state index in [0.29, 0.717) is 5.92 Å². The van der Waals surface area contributed by atoms with E-state index < -0.39 is 0 Å². The largest absolute Gasteiger partial charge is 0.367 e. The molecule has 4 rings (SSSR count). The van der Waals surface area contributed by atoms with Crippen LogP contribution >= 0.6 is 0 Å². The van der Waals surface area contributed by atoms with Gasteiger partial charge in [0.25, 0.3) is 0 Å². The van der Waals surface area contributed by atoms with Crippen LogP contribution in [0.3, 0.4) is 0 Å². The summed E-state index contributed by atoms with van der Waals surface area (Å²) in [6, 6.07) is 2.01. The number of carbonyl (C=O) groups is 1. The maximum absolute atomic E-state index is 11.3. The first kappa shape index (κ1) is 16.6. The highest BCUT2D eigenvalue weighted by Crippen LogP contribution is 2.32. The Balaban J connectivity index is 1.34. The van der Waals surface area contributed by atoms with Crippen molar-refractivity contribution >= 4 is 17.7 Å². The van der Waals surface area contributed by atoms with E-state index in [0.717, 1.165) is 63.6 Å². The van der Waals surface area contributed by atoms with Gasteiger partial charge >= 0.3 is 0 Å². The predicted octanol–water partition coefficient (Wildman–Crippen LogP) is 1.33. The molecule has 7 heteroatoms. The van der Waals surface area contributed by atoms with Crippen LogP contribution in [0.2, 0.25) is 0 Å². The van der Waals surface area contributed by atoms with Gasteiger partial charge in [-0.15, -0.1) is 0 Å². The van der Waals surface area contributed by atoms with E-state index in [1.54, 1.807) is 0 Å². The topological polar surface area (TPSA) is 84.6 Å². The van der Waals surface area contributed by atoms with Crippen LogP contribution < -0.4 is 15.5 Å². The summed E-state index contributed by atoms with van der Waals surface area (Å²) >= 11 is 0. The molecule has 1 amide bonds. The van der Waals surface area contributed by atoms with Gasteiger partial charge in [0, 0.05) is 32.4 Å². The lowest BCUT2D eigenvalue weighted by Gasteiger charge is -2.34. The van der Waals surface area contributed by atoms with E-state index in [-0.39, 0.29) is 18.1 Å². The standard InChI is InChI=1S/C18H27N5O2/c19-17(24)15-4-3-14(25-15)13-6-11-23(12-7-13)18-20-8-5-16(21-18)22-9-1-2-10-22/h5,8,13-15H,1-4,6-7,9-12H2,(H2,19,24)/t14-,15+/m0/s1. The van der Waals surface area contributed by atoms with E-state index >= 15 is 0 Å². The normalized spacial score (nSPS) is 27.8. The molecular weight excluding hydrogens is 318 g/mol. The van der Waals surface area contributed by atoms with Crippen LogP contribution in [0.1, 0.15) is 38.5 Å². The van der Waals surface area contributed by atoms with Crippen molar-refractivity contribution in [2.24, 2.45) is 11.7 Å². The Morgan fingerprint density at radius 1 is 1.08 bits per heavy atom. The molecule has 3 saturated heterocycles. The molecule has 1 aromatic heterocycles. The SMILES string of the molecule is NC(=O)[C@H]1CC[C@@H](C2CCN(c3nccc(N4CCCC4)n3)CC2)O1. The van der Waals surface area contributed by atoms with E-state index in [2.05, 4.69) is 14.8 Å². The minimum Gasteiger partial charge on any atom is -0.367 e. The molecule has 25 heavy (non-hydrogen) atoms. The summed E-state index contributed by atoms with van der Waals surface area (Å²) in [5.74, 6) is 2.06. The Bertz CT molecular complexity index is 611. The predicted molar refractivity (Wildman–Crippen MR) is 95.5 cm³/mol.